The first-order valence-corrected chi connectivity index (χ1v) is 8.82. The highest BCUT2D eigenvalue weighted by atomic mass is 79.9. The van der Waals surface area contributed by atoms with E-state index < -0.39 is 0 Å². The highest BCUT2D eigenvalue weighted by molar-refractivity contribution is 9.10. The largest absolute Gasteiger partial charge is 0.366 e. The maximum atomic E-state index is 4.60. The molecule has 116 valence electrons. The number of halogens is 1. The van der Waals surface area contributed by atoms with E-state index in [4.69, 9.17) is 0 Å². The Labute approximate surface area is 135 Å². The molecular weight excluding hydrogens is 330 g/mol. The number of nitrogens with one attached hydrogen (secondary N) is 2. The van der Waals surface area contributed by atoms with Gasteiger partial charge in [0, 0.05) is 31.4 Å². The van der Waals surface area contributed by atoms with Crippen molar-refractivity contribution in [2.24, 2.45) is 0 Å². The molecule has 2 saturated heterocycles. The Hall–Kier alpha value is -0.880. The summed E-state index contributed by atoms with van der Waals surface area (Å²) >= 11 is 3.56. The fraction of sp³-hybridized carbons (Fsp3) is 0.733. The second kappa shape index (κ2) is 6.92. The van der Waals surface area contributed by atoms with Crippen molar-refractivity contribution in [3.8, 4) is 0 Å². The van der Waals surface area contributed by atoms with Crippen LogP contribution >= 0.6 is 15.9 Å². The summed E-state index contributed by atoms with van der Waals surface area (Å²) in [5.41, 5.74) is 0. The maximum absolute atomic E-state index is 4.60. The first kappa shape index (κ1) is 15.0. The number of anilines is 2. The van der Waals surface area contributed by atoms with Gasteiger partial charge in [-0.05, 0) is 54.6 Å². The molecule has 5 nitrogen and oxygen atoms in total. The van der Waals surface area contributed by atoms with E-state index in [9.17, 15) is 0 Å². The molecule has 0 bridgehead atoms. The normalized spacial score (nSPS) is 25.6. The Morgan fingerprint density at radius 2 is 2.29 bits per heavy atom. The molecule has 2 aliphatic heterocycles. The predicted octanol–water partition coefficient (Wildman–Crippen LogP) is 3.10. The second-order valence-corrected chi connectivity index (χ2v) is 6.87. The van der Waals surface area contributed by atoms with Crippen LogP contribution in [0.4, 0.5) is 11.8 Å². The van der Waals surface area contributed by atoms with E-state index in [0.29, 0.717) is 12.0 Å². The van der Waals surface area contributed by atoms with Crippen LogP contribution in [0.1, 0.15) is 39.0 Å². The molecule has 0 spiro atoms. The molecule has 3 rings (SSSR count). The van der Waals surface area contributed by atoms with Crippen molar-refractivity contribution in [3.63, 3.8) is 0 Å². The van der Waals surface area contributed by atoms with Crippen LogP contribution in [0.3, 0.4) is 0 Å². The van der Waals surface area contributed by atoms with Gasteiger partial charge in [-0.15, -0.1) is 0 Å². The van der Waals surface area contributed by atoms with Gasteiger partial charge in [-0.3, -0.25) is 0 Å². The van der Waals surface area contributed by atoms with Gasteiger partial charge in [-0.1, -0.05) is 6.92 Å². The summed E-state index contributed by atoms with van der Waals surface area (Å²) in [6.07, 6.45) is 8.05. The van der Waals surface area contributed by atoms with E-state index in [-0.39, 0.29) is 0 Å². The molecule has 2 fully saturated rings. The van der Waals surface area contributed by atoms with Crippen molar-refractivity contribution < 1.29 is 0 Å². The number of fused-ring (bicyclic) bond motifs is 1. The fourth-order valence-corrected chi connectivity index (χ4v) is 3.64. The summed E-state index contributed by atoms with van der Waals surface area (Å²) in [5.74, 6) is 1.63. The van der Waals surface area contributed by atoms with E-state index in [2.05, 4.69) is 48.4 Å². The molecule has 0 saturated carbocycles. The summed E-state index contributed by atoms with van der Waals surface area (Å²) in [6.45, 7) is 5.55. The quantitative estimate of drug-likeness (QED) is 0.851. The SMILES string of the molecule is CCCNc1ncc(Br)c(NC2CCN3CCCC3C2)n1. The Morgan fingerprint density at radius 1 is 1.38 bits per heavy atom. The Kier molecular flexibility index (Phi) is 4.95. The van der Waals surface area contributed by atoms with E-state index in [1.165, 1.54) is 38.8 Å². The minimum atomic E-state index is 0.523. The van der Waals surface area contributed by atoms with Crippen molar-refractivity contribution in [2.45, 2.75) is 51.1 Å². The third kappa shape index (κ3) is 3.66. The van der Waals surface area contributed by atoms with Gasteiger partial charge < -0.3 is 15.5 Å². The zero-order valence-electron chi connectivity index (χ0n) is 12.6. The van der Waals surface area contributed by atoms with Gasteiger partial charge in [0.2, 0.25) is 5.95 Å². The molecule has 2 unspecified atom stereocenters. The zero-order valence-corrected chi connectivity index (χ0v) is 14.2. The van der Waals surface area contributed by atoms with Gasteiger partial charge >= 0.3 is 0 Å². The average molecular weight is 354 g/mol. The summed E-state index contributed by atoms with van der Waals surface area (Å²) < 4.78 is 0.943. The molecule has 0 aromatic carbocycles. The van der Waals surface area contributed by atoms with Crippen molar-refractivity contribution in [2.75, 3.05) is 30.3 Å². The fourth-order valence-electron chi connectivity index (χ4n) is 3.34. The van der Waals surface area contributed by atoms with Crippen LogP contribution in [0.25, 0.3) is 0 Å². The molecule has 2 aliphatic rings. The summed E-state index contributed by atoms with van der Waals surface area (Å²) in [4.78, 5) is 11.5. The number of hydrogen-bond donors (Lipinski definition) is 2. The lowest BCUT2D eigenvalue weighted by molar-refractivity contribution is 0.188. The Balaban J connectivity index is 1.63. The Morgan fingerprint density at radius 3 is 3.14 bits per heavy atom. The van der Waals surface area contributed by atoms with Crippen LogP contribution in [-0.2, 0) is 0 Å². The molecule has 1 aromatic rings. The smallest absolute Gasteiger partial charge is 0.224 e. The molecule has 1 aromatic heterocycles. The van der Waals surface area contributed by atoms with Gasteiger partial charge in [0.1, 0.15) is 5.82 Å². The summed E-state index contributed by atoms with van der Waals surface area (Å²) in [5, 5.41) is 6.86. The number of aromatic nitrogens is 2. The first-order chi connectivity index (χ1) is 10.3. The molecule has 0 aliphatic carbocycles. The van der Waals surface area contributed by atoms with E-state index in [1.54, 1.807) is 0 Å². The lowest BCUT2D eigenvalue weighted by Gasteiger charge is -2.35. The van der Waals surface area contributed by atoms with Crippen LogP contribution in [0.2, 0.25) is 0 Å². The highest BCUT2D eigenvalue weighted by Crippen LogP contribution is 2.29. The van der Waals surface area contributed by atoms with Crippen LogP contribution in [0, 0.1) is 0 Å². The maximum Gasteiger partial charge on any atom is 0.224 e. The van der Waals surface area contributed by atoms with E-state index in [1.807, 2.05) is 6.20 Å². The van der Waals surface area contributed by atoms with Crippen molar-refractivity contribution in [1.82, 2.24) is 14.9 Å². The van der Waals surface area contributed by atoms with Crippen molar-refractivity contribution >= 4 is 27.7 Å². The van der Waals surface area contributed by atoms with Gasteiger partial charge in [-0.2, -0.15) is 4.98 Å². The number of hydrogen-bond acceptors (Lipinski definition) is 5. The minimum Gasteiger partial charge on any atom is -0.366 e. The molecule has 2 atom stereocenters. The molecule has 6 heteroatoms. The first-order valence-electron chi connectivity index (χ1n) is 8.03. The monoisotopic (exact) mass is 353 g/mol. The lowest BCUT2D eigenvalue weighted by Crippen LogP contribution is -2.42. The van der Waals surface area contributed by atoms with Crippen LogP contribution in [0.15, 0.2) is 10.7 Å². The topological polar surface area (TPSA) is 53.1 Å². The lowest BCUT2D eigenvalue weighted by atomic mass is 9.97. The second-order valence-electron chi connectivity index (χ2n) is 6.01. The minimum absolute atomic E-state index is 0.523. The number of rotatable bonds is 5. The molecule has 0 amide bonds. The van der Waals surface area contributed by atoms with E-state index >= 15 is 0 Å². The molecule has 0 radical (unpaired) electrons. The molecule has 21 heavy (non-hydrogen) atoms. The number of nitrogens with zero attached hydrogens (tertiary/aromatic N) is 3. The summed E-state index contributed by atoms with van der Waals surface area (Å²) in [7, 11) is 0. The standard InChI is InChI=1S/C15H24BrN5/c1-2-6-17-15-18-10-13(16)14(20-15)19-11-5-8-21-7-3-4-12(21)9-11/h10-12H,2-9H2,1H3,(H2,17,18,19,20). The predicted molar refractivity (Wildman–Crippen MR) is 89.8 cm³/mol. The van der Waals surface area contributed by atoms with Gasteiger partial charge in [0.05, 0.1) is 4.47 Å². The van der Waals surface area contributed by atoms with Gasteiger partial charge in [-0.25, -0.2) is 4.98 Å². The Bertz CT molecular complexity index is 481. The van der Waals surface area contributed by atoms with Crippen LogP contribution in [0.5, 0.6) is 0 Å². The van der Waals surface area contributed by atoms with E-state index in [0.717, 1.165) is 29.3 Å². The molecule has 3 heterocycles. The van der Waals surface area contributed by atoms with Gasteiger partial charge in [0.25, 0.3) is 0 Å². The summed E-state index contributed by atoms with van der Waals surface area (Å²) in [6, 6.07) is 1.30. The number of piperidine rings is 1. The van der Waals surface area contributed by atoms with Gasteiger partial charge in [0.15, 0.2) is 0 Å². The molecule has 2 N–H and O–H groups in total. The molecular formula is C15H24BrN5. The van der Waals surface area contributed by atoms with Crippen molar-refractivity contribution in [3.05, 3.63) is 10.7 Å². The zero-order chi connectivity index (χ0) is 14.7. The van der Waals surface area contributed by atoms with Crippen LogP contribution < -0.4 is 10.6 Å². The third-order valence-corrected chi connectivity index (χ3v) is 5.02. The van der Waals surface area contributed by atoms with Crippen molar-refractivity contribution in [1.29, 1.82) is 0 Å². The average Bonchev–Trinajstić information content (AvgIpc) is 2.95. The third-order valence-electron chi connectivity index (χ3n) is 4.44. The van der Waals surface area contributed by atoms with Crippen LogP contribution in [-0.4, -0.2) is 46.6 Å². The highest BCUT2D eigenvalue weighted by Gasteiger charge is 2.31.